The highest BCUT2D eigenvalue weighted by molar-refractivity contribution is 5.81. The molecule has 0 spiro atoms. The minimum Gasteiger partial charge on any atom is -0.419 e. The Labute approximate surface area is 129 Å². The van der Waals surface area contributed by atoms with Crippen molar-refractivity contribution < 1.29 is 9.21 Å². The molecule has 1 aliphatic rings. The standard InChI is InChI=1S/C16H20N4O2/c1-2-13-15(21)17-9-6-10-20(13)11-14-18-19-16(22-14)12-7-4-3-5-8-12/h3-5,7-8,13H,2,6,9-11H2,1H3,(H,17,21)/t13-/m1/s1. The van der Waals surface area contributed by atoms with Crippen LogP contribution in [0.25, 0.3) is 11.5 Å². The van der Waals surface area contributed by atoms with E-state index in [1.54, 1.807) is 0 Å². The minimum absolute atomic E-state index is 0.0859. The fraction of sp³-hybridized carbons (Fsp3) is 0.438. The Morgan fingerprint density at radius 3 is 2.91 bits per heavy atom. The fourth-order valence-corrected chi connectivity index (χ4v) is 2.75. The Morgan fingerprint density at radius 2 is 2.14 bits per heavy atom. The molecule has 0 saturated carbocycles. The van der Waals surface area contributed by atoms with E-state index in [0.717, 1.165) is 31.5 Å². The van der Waals surface area contributed by atoms with Gasteiger partial charge in [0.1, 0.15) is 0 Å². The number of aromatic nitrogens is 2. The molecule has 22 heavy (non-hydrogen) atoms. The van der Waals surface area contributed by atoms with Gasteiger partial charge in [0.15, 0.2) is 0 Å². The van der Waals surface area contributed by atoms with Crippen LogP contribution in [0.5, 0.6) is 0 Å². The van der Waals surface area contributed by atoms with Crippen molar-refractivity contribution in [3.05, 3.63) is 36.2 Å². The summed E-state index contributed by atoms with van der Waals surface area (Å²) >= 11 is 0. The number of benzene rings is 1. The molecule has 0 bridgehead atoms. The molecule has 0 radical (unpaired) electrons. The fourth-order valence-electron chi connectivity index (χ4n) is 2.75. The lowest BCUT2D eigenvalue weighted by molar-refractivity contribution is -0.125. The molecule has 1 N–H and O–H groups in total. The quantitative estimate of drug-likeness (QED) is 0.933. The minimum atomic E-state index is -0.130. The Hall–Kier alpha value is -2.21. The summed E-state index contributed by atoms with van der Waals surface area (Å²) in [7, 11) is 0. The molecule has 2 heterocycles. The van der Waals surface area contributed by atoms with E-state index in [0.29, 0.717) is 18.3 Å². The van der Waals surface area contributed by atoms with Crippen molar-refractivity contribution in [2.24, 2.45) is 0 Å². The third-order valence-electron chi connectivity index (χ3n) is 3.88. The van der Waals surface area contributed by atoms with E-state index in [1.165, 1.54) is 0 Å². The predicted octanol–water partition coefficient (Wildman–Crippen LogP) is 1.84. The van der Waals surface area contributed by atoms with Crippen molar-refractivity contribution in [2.75, 3.05) is 13.1 Å². The summed E-state index contributed by atoms with van der Waals surface area (Å²) in [5, 5.41) is 11.2. The zero-order valence-electron chi connectivity index (χ0n) is 12.7. The highest BCUT2D eigenvalue weighted by Crippen LogP contribution is 2.19. The van der Waals surface area contributed by atoms with Crippen molar-refractivity contribution in [3.63, 3.8) is 0 Å². The molecule has 1 amide bonds. The van der Waals surface area contributed by atoms with Crippen molar-refractivity contribution >= 4 is 5.91 Å². The second kappa shape index (κ2) is 6.70. The molecule has 1 aliphatic heterocycles. The van der Waals surface area contributed by atoms with Gasteiger partial charge in [-0.15, -0.1) is 10.2 Å². The van der Waals surface area contributed by atoms with Crippen LogP contribution < -0.4 is 5.32 Å². The van der Waals surface area contributed by atoms with Crippen LogP contribution in [-0.4, -0.2) is 40.1 Å². The smallest absolute Gasteiger partial charge is 0.247 e. The zero-order chi connectivity index (χ0) is 15.4. The average molecular weight is 300 g/mol. The molecular weight excluding hydrogens is 280 g/mol. The van der Waals surface area contributed by atoms with Gasteiger partial charge in [0.25, 0.3) is 0 Å². The summed E-state index contributed by atoms with van der Waals surface area (Å²) < 4.78 is 5.75. The second-order valence-electron chi connectivity index (χ2n) is 5.41. The number of nitrogens with zero attached hydrogens (tertiary/aromatic N) is 3. The van der Waals surface area contributed by atoms with Crippen LogP contribution in [0.3, 0.4) is 0 Å². The molecular formula is C16H20N4O2. The Bertz CT molecular complexity index is 626. The lowest BCUT2D eigenvalue weighted by Gasteiger charge is -2.25. The Kier molecular flexibility index (Phi) is 4.48. The Balaban J connectivity index is 1.75. The van der Waals surface area contributed by atoms with Gasteiger partial charge in [0.2, 0.25) is 17.7 Å². The molecule has 1 saturated heterocycles. The van der Waals surface area contributed by atoms with Crippen LogP contribution >= 0.6 is 0 Å². The number of hydrogen-bond acceptors (Lipinski definition) is 5. The first-order valence-electron chi connectivity index (χ1n) is 7.67. The third kappa shape index (κ3) is 3.17. The average Bonchev–Trinajstić information content (AvgIpc) is 2.93. The van der Waals surface area contributed by atoms with Crippen molar-refractivity contribution in [2.45, 2.75) is 32.4 Å². The number of carbonyl (C=O) groups excluding carboxylic acids is 1. The van der Waals surface area contributed by atoms with E-state index in [2.05, 4.69) is 20.4 Å². The van der Waals surface area contributed by atoms with Gasteiger partial charge < -0.3 is 9.73 Å². The summed E-state index contributed by atoms with van der Waals surface area (Å²) in [4.78, 5) is 14.2. The summed E-state index contributed by atoms with van der Waals surface area (Å²) in [6, 6.07) is 9.56. The summed E-state index contributed by atoms with van der Waals surface area (Å²) in [6.45, 7) is 4.10. The Morgan fingerprint density at radius 1 is 1.32 bits per heavy atom. The first kappa shape index (κ1) is 14.7. The second-order valence-corrected chi connectivity index (χ2v) is 5.41. The maximum absolute atomic E-state index is 12.1. The first-order valence-corrected chi connectivity index (χ1v) is 7.67. The van der Waals surface area contributed by atoms with Gasteiger partial charge >= 0.3 is 0 Å². The van der Waals surface area contributed by atoms with Gasteiger partial charge in [-0.2, -0.15) is 0 Å². The highest BCUT2D eigenvalue weighted by atomic mass is 16.4. The molecule has 0 aliphatic carbocycles. The lowest BCUT2D eigenvalue weighted by atomic mass is 10.2. The SMILES string of the molecule is CC[C@@H]1C(=O)NCCCN1Cc1nnc(-c2ccccc2)o1. The van der Waals surface area contributed by atoms with Crippen molar-refractivity contribution in [1.82, 2.24) is 20.4 Å². The van der Waals surface area contributed by atoms with E-state index in [4.69, 9.17) is 4.42 Å². The van der Waals surface area contributed by atoms with Crippen LogP contribution in [0.2, 0.25) is 0 Å². The van der Waals surface area contributed by atoms with Crippen LogP contribution in [0.1, 0.15) is 25.7 Å². The number of amides is 1. The number of hydrogen-bond donors (Lipinski definition) is 1. The van der Waals surface area contributed by atoms with Crippen LogP contribution in [0, 0.1) is 0 Å². The molecule has 1 atom stereocenters. The molecule has 1 fully saturated rings. The maximum Gasteiger partial charge on any atom is 0.247 e. The summed E-state index contributed by atoms with van der Waals surface area (Å²) in [6.07, 6.45) is 1.70. The van der Waals surface area contributed by atoms with E-state index in [-0.39, 0.29) is 11.9 Å². The summed E-state index contributed by atoms with van der Waals surface area (Å²) in [5.74, 6) is 1.15. The highest BCUT2D eigenvalue weighted by Gasteiger charge is 2.27. The van der Waals surface area contributed by atoms with Crippen LogP contribution in [-0.2, 0) is 11.3 Å². The van der Waals surface area contributed by atoms with Crippen molar-refractivity contribution in [1.29, 1.82) is 0 Å². The van der Waals surface area contributed by atoms with Gasteiger partial charge in [-0.3, -0.25) is 9.69 Å². The van der Waals surface area contributed by atoms with Crippen LogP contribution in [0.15, 0.2) is 34.7 Å². The molecule has 3 rings (SSSR count). The van der Waals surface area contributed by atoms with Gasteiger partial charge in [0.05, 0.1) is 12.6 Å². The monoisotopic (exact) mass is 300 g/mol. The normalized spacial score (nSPS) is 19.7. The predicted molar refractivity (Wildman–Crippen MR) is 81.8 cm³/mol. The summed E-state index contributed by atoms with van der Waals surface area (Å²) in [5.41, 5.74) is 0.905. The maximum atomic E-state index is 12.1. The molecule has 1 aromatic heterocycles. The first-order chi connectivity index (χ1) is 10.8. The van der Waals surface area contributed by atoms with E-state index < -0.39 is 0 Å². The van der Waals surface area contributed by atoms with E-state index >= 15 is 0 Å². The molecule has 2 aromatic rings. The van der Waals surface area contributed by atoms with Gasteiger partial charge in [-0.1, -0.05) is 25.1 Å². The zero-order valence-corrected chi connectivity index (χ0v) is 12.7. The van der Waals surface area contributed by atoms with Crippen LogP contribution in [0.4, 0.5) is 0 Å². The van der Waals surface area contributed by atoms with E-state index in [1.807, 2.05) is 37.3 Å². The van der Waals surface area contributed by atoms with Gasteiger partial charge in [-0.05, 0) is 25.0 Å². The van der Waals surface area contributed by atoms with Gasteiger partial charge in [-0.25, -0.2) is 0 Å². The topological polar surface area (TPSA) is 71.3 Å². The molecule has 6 heteroatoms. The molecule has 0 unspecified atom stereocenters. The lowest BCUT2D eigenvalue weighted by Crippen LogP contribution is -2.43. The number of carbonyl (C=O) groups is 1. The molecule has 6 nitrogen and oxygen atoms in total. The number of rotatable bonds is 4. The van der Waals surface area contributed by atoms with E-state index in [9.17, 15) is 4.79 Å². The largest absolute Gasteiger partial charge is 0.419 e. The van der Waals surface area contributed by atoms with Crippen molar-refractivity contribution in [3.8, 4) is 11.5 Å². The molecule has 116 valence electrons. The molecule has 1 aromatic carbocycles. The third-order valence-corrected chi connectivity index (χ3v) is 3.88. The number of nitrogens with one attached hydrogen (secondary N) is 1. The van der Waals surface area contributed by atoms with Gasteiger partial charge in [0, 0.05) is 18.7 Å².